The number of nitrogens with zero attached hydrogens (tertiary/aromatic N) is 2. The van der Waals surface area contributed by atoms with Crippen LogP contribution in [0.5, 0.6) is 0 Å². The highest BCUT2D eigenvalue weighted by atomic mass is 32.2. The zero-order chi connectivity index (χ0) is 20.0. The van der Waals surface area contributed by atoms with E-state index in [9.17, 15) is 23.3 Å². The predicted octanol–water partition coefficient (Wildman–Crippen LogP) is 2.87. The number of furan rings is 1. The van der Waals surface area contributed by atoms with Crippen molar-refractivity contribution in [1.82, 2.24) is 4.31 Å². The molecule has 1 heterocycles. The maximum atomic E-state index is 12.4. The molecule has 0 aliphatic carbocycles. The number of benzene rings is 1. The molecule has 0 aliphatic heterocycles. The normalized spacial score (nSPS) is 11.8. The van der Waals surface area contributed by atoms with Crippen molar-refractivity contribution in [2.24, 2.45) is 0 Å². The first-order valence-electron chi connectivity index (χ1n) is 8.11. The summed E-state index contributed by atoms with van der Waals surface area (Å²) in [5.41, 5.74) is 0.411. The highest BCUT2D eigenvalue weighted by Crippen LogP contribution is 2.19. The van der Waals surface area contributed by atoms with Crippen molar-refractivity contribution < 1.29 is 22.6 Å². The van der Waals surface area contributed by atoms with E-state index in [0.717, 1.165) is 6.08 Å². The lowest BCUT2D eigenvalue weighted by molar-refractivity contribution is -0.402. The summed E-state index contributed by atoms with van der Waals surface area (Å²) in [7, 11) is -3.56. The van der Waals surface area contributed by atoms with Crippen LogP contribution in [0, 0.1) is 10.1 Å². The van der Waals surface area contributed by atoms with Crippen LogP contribution in [0.25, 0.3) is 6.08 Å². The van der Waals surface area contributed by atoms with Gasteiger partial charge in [0, 0.05) is 24.9 Å². The Kier molecular flexibility index (Phi) is 6.48. The molecule has 27 heavy (non-hydrogen) atoms. The first-order chi connectivity index (χ1) is 12.8. The smallest absolute Gasteiger partial charge is 0.401 e. The lowest BCUT2D eigenvalue weighted by Gasteiger charge is -2.18. The summed E-state index contributed by atoms with van der Waals surface area (Å²) in [4.78, 5) is 21.9. The van der Waals surface area contributed by atoms with Gasteiger partial charge in [0.25, 0.3) is 0 Å². The highest BCUT2D eigenvalue weighted by molar-refractivity contribution is 7.89. The number of sulfonamides is 1. The number of carbonyl (C=O) groups excluding carboxylic acids is 1. The van der Waals surface area contributed by atoms with Crippen LogP contribution in [0.3, 0.4) is 0 Å². The fourth-order valence-electron chi connectivity index (χ4n) is 2.29. The van der Waals surface area contributed by atoms with Gasteiger partial charge in [0.05, 0.1) is 11.0 Å². The standard InChI is InChI=1S/C17H19N3O6S/c1-3-19(4-2)27(24,25)15-9-5-13(6-10-15)18-16(21)11-7-14-8-12-17(26-14)20(22)23/h5-12H,3-4H2,1-2H3,(H,18,21)/b11-7+. The Morgan fingerprint density at radius 3 is 2.33 bits per heavy atom. The lowest BCUT2D eigenvalue weighted by atomic mass is 10.3. The van der Waals surface area contributed by atoms with Crippen molar-refractivity contribution in [1.29, 1.82) is 0 Å². The molecular formula is C17H19N3O6S. The Bertz CT molecular complexity index is 943. The first-order valence-corrected chi connectivity index (χ1v) is 9.55. The Morgan fingerprint density at radius 1 is 1.19 bits per heavy atom. The van der Waals surface area contributed by atoms with Crippen LogP contribution in [0.15, 0.2) is 51.8 Å². The molecule has 1 N–H and O–H groups in total. The quantitative estimate of drug-likeness (QED) is 0.418. The van der Waals surface area contributed by atoms with Crippen LogP contribution in [0.4, 0.5) is 11.6 Å². The van der Waals surface area contributed by atoms with E-state index < -0.39 is 26.7 Å². The van der Waals surface area contributed by atoms with Crippen LogP contribution >= 0.6 is 0 Å². The number of amides is 1. The molecule has 10 heteroatoms. The van der Waals surface area contributed by atoms with Gasteiger partial charge in [0.15, 0.2) is 0 Å². The Labute approximate surface area is 156 Å². The third kappa shape index (κ3) is 5.02. The molecule has 0 aliphatic rings. The van der Waals surface area contributed by atoms with Gasteiger partial charge in [-0.25, -0.2) is 8.42 Å². The van der Waals surface area contributed by atoms with E-state index in [2.05, 4.69) is 5.32 Å². The average molecular weight is 393 g/mol. The molecular weight excluding hydrogens is 374 g/mol. The number of nitro groups is 1. The minimum atomic E-state index is -3.56. The molecule has 0 saturated carbocycles. The van der Waals surface area contributed by atoms with Gasteiger partial charge in [0.2, 0.25) is 15.9 Å². The Hall–Kier alpha value is -2.98. The zero-order valence-electron chi connectivity index (χ0n) is 14.8. The minimum absolute atomic E-state index is 0.141. The van der Waals surface area contributed by atoms with Crippen LogP contribution in [0.2, 0.25) is 0 Å². The molecule has 0 bridgehead atoms. The number of anilines is 1. The number of rotatable bonds is 8. The van der Waals surface area contributed by atoms with Gasteiger partial charge in [-0.05, 0) is 36.4 Å². The van der Waals surface area contributed by atoms with Gasteiger partial charge in [-0.2, -0.15) is 4.31 Å². The van der Waals surface area contributed by atoms with E-state index in [1.54, 1.807) is 13.8 Å². The van der Waals surface area contributed by atoms with Gasteiger partial charge in [0.1, 0.15) is 10.7 Å². The minimum Gasteiger partial charge on any atom is -0.401 e. The highest BCUT2D eigenvalue weighted by Gasteiger charge is 2.21. The fourth-order valence-corrected chi connectivity index (χ4v) is 3.75. The number of nitrogens with one attached hydrogen (secondary N) is 1. The topological polar surface area (TPSA) is 123 Å². The maximum Gasteiger partial charge on any atom is 0.433 e. The monoisotopic (exact) mass is 393 g/mol. The van der Waals surface area contributed by atoms with E-state index >= 15 is 0 Å². The summed E-state index contributed by atoms with van der Waals surface area (Å²) in [6.07, 6.45) is 2.45. The molecule has 2 rings (SSSR count). The zero-order valence-corrected chi connectivity index (χ0v) is 15.6. The molecule has 0 atom stereocenters. The molecule has 1 amide bonds. The second kappa shape index (κ2) is 8.60. The summed E-state index contributed by atoms with van der Waals surface area (Å²) in [6, 6.07) is 8.37. The van der Waals surface area contributed by atoms with Crippen molar-refractivity contribution in [3.8, 4) is 0 Å². The lowest BCUT2D eigenvalue weighted by Crippen LogP contribution is -2.30. The summed E-state index contributed by atoms with van der Waals surface area (Å²) >= 11 is 0. The first kappa shape index (κ1) is 20.3. The predicted molar refractivity (Wildman–Crippen MR) is 99.6 cm³/mol. The number of hydrogen-bond acceptors (Lipinski definition) is 6. The van der Waals surface area contributed by atoms with Crippen molar-refractivity contribution in [2.45, 2.75) is 18.7 Å². The van der Waals surface area contributed by atoms with E-state index in [4.69, 9.17) is 4.42 Å². The molecule has 2 aromatic rings. The third-order valence-electron chi connectivity index (χ3n) is 3.66. The molecule has 1 aromatic carbocycles. The SMILES string of the molecule is CCN(CC)S(=O)(=O)c1ccc(NC(=O)/C=C/c2ccc([N+](=O)[O-])o2)cc1. The van der Waals surface area contributed by atoms with Crippen molar-refractivity contribution in [3.05, 3.63) is 58.3 Å². The molecule has 144 valence electrons. The summed E-state index contributed by atoms with van der Waals surface area (Å²) in [5, 5.41) is 13.1. The largest absolute Gasteiger partial charge is 0.433 e. The van der Waals surface area contributed by atoms with Gasteiger partial charge < -0.3 is 9.73 Å². The van der Waals surface area contributed by atoms with E-state index in [-0.39, 0.29) is 10.7 Å². The van der Waals surface area contributed by atoms with Crippen LogP contribution in [-0.4, -0.2) is 36.6 Å². The molecule has 1 aromatic heterocycles. The molecule has 9 nitrogen and oxygen atoms in total. The summed E-state index contributed by atoms with van der Waals surface area (Å²) in [6.45, 7) is 4.26. The number of hydrogen-bond donors (Lipinski definition) is 1. The molecule has 0 spiro atoms. The second-order valence-electron chi connectivity index (χ2n) is 5.37. The van der Waals surface area contributed by atoms with Crippen LogP contribution in [-0.2, 0) is 14.8 Å². The van der Waals surface area contributed by atoms with E-state index in [1.807, 2.05) is 0 Å². The van der Waals surface area contributed by atoms with Gasteiger partial charge >= 0.3 is 5.88 Å². The molecule has 0 radical (unpaired) electrons. The maximum absolute atomic E-state index is 12.4. The van der Waals surface area contributed by atoms with Gasteiger partial charge in [-0.15, -0.1) is 0 Å². The van der Waals surface area contributed by atoms with E-state index in [0.29, 0.717) is 18.8 Å². The van der Waals surface area contributed by atoms with Gasteiger partial charge in [-0.1, -0.05) is 13.8 Å². The molecule has 0 unspecified atom stereocenters. The number of carbonyl (C=O) groups is 1. The average Bonchev–Trinajstić information content (AvgIpc) is 3.11. The van der Waals surface area contributed by atoms with Gasteiger partial charge in [-0.3, -0.25) is 14.9 Å². The van der Waals surface area contributed by atoms with Crippen molar-refractivity contribution in [2.75, 3.05) is 18.4 Å². The van der Waals surface area contributed by atoms with Crippen LogP contribution in [0.1, 0.15) is 19.6 Å². The second-order valence-corrected chi connectivity index (χ2v) is 7.31. The summed E-state index contributed by atoms with van der Waals surface area (Å²) in [5.74, 6) is -0.744. The van der Waals surface area contributed by atoms with Crippen molar-refractivity contribution >= 4 is 33.6 Å². The molecule has 0 fully saturated rings. The van der Waals surface area contributed by atoms with Crippen LogP contribution < -0.4 is 5.32 Å². The molecule has 0 saturated heterocycles. The Balaban J connectivity index is 2.04. The summed E-state index contributed by atoms with van der Waals surface area (Å²) < 4.78 is 31.1. The van der Waals surface area contributed by atoms with Crippen molar-refractivity contribution in [3.63, 3.8) is 0 Å². The fraction of sp³-hybridized carbons (Fsp3) is 0.235. The Morgan fingerprint density at radius 2 is 1.81 bits per heavy atom. The third-order valence-corrected chi connectivity index (χ3v) is 5.72. The van der Waals surface area contributed by atoms with E-state index in [1.165, 1.54) is 46.8 Å².